The molecule has 0 atom stereocenters. The summed E-state index contributed by atoms with van der Waals surface area (Å²) in [5, 5.41) is 6.58. The average molecular weight is 483 g/mol. The van der Waals surface area contributed by atoms with E-state index in [1.807, 2.05) is 50.5 Å². The molecule has 0 aliphatic rings. The highest BCUT2D eigenvalue weighted by atomic mass is 127. The van der Waals surface area contributed by atoms with Gasteiger partial charge in [0.15, 0.2) is 5.96 Å². The van der Waals surface area contributed by atoms with Crippen molar-refractivity contribution >= 4 is 29.9 Å². The molecular weight excluding hydrogens is 453 g/mol. The number of hydrogen-bond donors (Lipinski definition) is 2. The smallest absolute Gasteiger partial charge is 0.191 e. The summed E-state index contributed by atoms with van der Waals surface area (Å²) in [4.78, 5) is 11.1. The summed E-state index contributed by atoms with van der Waals surface area (Å²) in [6, 6.07) is 13.9. The van der Waals surface area contributed by atoms with Crippen LogP contribution in [0.15, 0.2) is 53.7 Å². The Morgan fingerprint density at radius 2 is 1.89 bits per heavy atom. The van der Waals surface area contributed by atoms with Crippen molar-refractivity contribution in [2.24, 2.45) is 4.99 Å². The fourth-order valence-electron chi connectivity index (χ4n) is 2.30. The second kappa shape index (κ2) is 13.3. The van der Waals surface area contributed by atoms with Crippen LogP contribution >= 0.6 is 24.0 Å². The lowest BCUT2D eigenvalue weighted by Gasteiger charge is -2.14. The minimum Gasteiger partial charge on any atom is -0.492 e. The van der Waals surface area contributed by atoms with Gasteiger partial charge in [0.1, 0.15) is 12.4 Å². The number of rotatable bonds is 9. The number of nitrogens with zero attached hydrogens (tertiary/aromatic N) is 3. The molecule has 2 rings (SSSR count). The molecule has 0 bridgehead atoms. The largest absolute Gasteiger partial charge is 0.492 e. The number of guanidine groups is 1. The van der Waals surface area contributed by atoms with Crippen LogP contribution in [-0.4, -0.2) is 49.6 Å². The van der Waals surface area contributed by atoms with Crippen LogP contribution in [0.1, 0.15) is 18.2 Å². The van der Waals surface area contributed by atoms with E-state index in [-0.39, 0.29) is 24.0 Å². The van der Waals surface area contributed by atoms with Gasteiger partial charge in [-0.2, -0.15) is 0 Å². The first kappa shape index (κ1) is 23.2. The van der Waals surface area contributed by atoms with E-state index in [0.717, 1.165) is 36.1 Å². The first-order valence-corrected chi connectivity index (χ1v) is 8.96. The van der Waals surface area contributed by atoms with Crippen molar-refractivity contribution in [1.82, 2.24) is 20.5 Å². The van der Waals surface area contributed by atoms with Crippen molar-refractivity contribution in [3.63, 3.8) is 0 Å². The number of halogens is 1. The third-order valence-corrected chi connectivity index (χ3v) is 3.68. The Morgan fingerprint density at radius 1 is 1.11 bits per heavy atom. The lowest BCUT2D eigenvalue weighted by atomic mass is 10.2. The van der Waals surface area contributed by atoms with Crippen LogP contribution in [0.25, 0.3) is 0 Å². The third-order valence-electron chi connectivity index (χ3n) is 3.68. The van der Waals surface area contributed by atoms with Crippen LogP contribution < -0.4 is 15.4 Å². The normalized spacial score (nSPS) is 11.0. The number of aliphatic imine (C=N–C) groups is 1. The zero-order valence-electron chi connectivity index (χ0n) is 16.3. The molecule has 1 aromatic carbocycles. The highest BCUT2D eigenvalue weighted by Crippen LogP contribution is 2.18. The quantitative estimate of drug-likeness (QED) is 0.327. The first-order chi connectivity index (χ1) is 12.7. The number of nitrogens with one attached hydrogen (secondary N) is 2. The molecule has 148 valence electrons. The van der Waals surface area contributed by atoms with Crippen LogP contribution in [0.4, 0.5) is 0 Å². The zero-order chi connectivity index (χ0) is 18.6. The standard InChI is InChI=1S/C20H29N5O.HI/c1-4-21-20(24-16-18-10-7-8-12-22-18)23-15-17-9-5-6-11-19(17)26-14-13-25(2)3;/h5-12H,4,13-16H2,1-3H3,(H2,21,23,24);1H. The van der Waals surface area contributed by atoms with Crippen molar-refractivity contribution in [2.75, 3.05) is 33.8 Å². The number of pyridine rings is 1. The van der Waals surface area contributed by atoms with Gasteiger partial charge in [-0.1, -0.05) is 24.3 Å². The van der Waals surface area contributed by atoms with Crippen molar-refractivity contribution in [1.29, 1.82) is 0 Å². The predicted octanol–water partition coefficient (Wildman–Crippen LogP) is 2.90. The zero-order valence-corrected chi connectivity index (χ0v) is 18.6. The summed E-state index contributed by atoms with van der Waals surface area (Å²) in [5.41, 5.74) is 2.05. The molecule has 7 heteroatoms. The van der Waals surface area contributed by atoms with Crippen molar-refractivity contribution in [2.45, 2.75) is 20.0 Å². The van der Waals surface area contributed by atoms with Crippen LogP contribution in [0.5, 0.6) is 5.75 Å². The second-order valence-corrected chi connectivity index (χ2v) is 6.13. The summed E-state index contributed by atoms with van der Waals surface area (Å²) < 4.78 is 5.91. The molecule has 27 heavy (non-hydrogen) atoms. The molecule has 0 unspecified atom stereocenters. The van der Waals surface area contributed by atoms with Gasteiger partial charge in [0, 0.05) is 24.8 Å². The number of aromatic nitrogens is 1. The van der Waals surface area contributed by atoms with Crippen molar-refractivity contribution in [3.8, 4) is 5.75 Å². The molecular formula is C20H30IN5O. The van der Waals surface area contributed by atoms with Gasteiger partial charge >= 0.3 is 0 Å². The van der Waals surface area contributed by atoms with E-state index < -0.39 is 0 Å². The first-order valence-electron chi connectivity index (χ1n) is 8.96. The molecule has 0 spiro atoms. The molecule has 1 aromatic heterocycles. The Labute approximate surface area is 179 Å². The molecule has 0 radical (unpaired) electrons. The van der Waals surface area contributed by atoms with Crippen LogP contribution in [0.2, 0.25) is 0 Å². The summed E-state index contributed by atoms with van der Waals surface area (Å²) in [6.45, 7) is 5.58. The maximum atomic E-state index is 5.91. The number of hydrogen-bond acceptors (Lipinski definition) is 4. The number of benzene rings is 1. The van der Waals surface area contributed by atoms with Gasteiger partial charge in [0.05, 0.1) is 18.8 Å². The van der Waals surface area contributed by atoms with E-state index in [0.29, 0.717) is 19.7 Å². The summed E-state index contributed by atoms with van der Waals surface area (Å²) in [5.74, 6) is 1.65. The number of likely N-dealkylation sites (N-methyl/N-ethyl adjacent to an activating group) is 1. The molecule has 1 heterocycles. The van der Waals surface area contributed by atoms with E-state index in [9.17, 15) is 0 Å². The minimum absolute atomic E-state index is 0. The molecule has 0 aliphatic carbocycles. The Kier molecular flexibility index (Phi) is 11.4. The van der Waals surface area contributed by atoms with E-state index in [2.05, 4.69) is 38.5 Å². The lowest BCUT2D eigenvalue weighted by molar-refractivity contribution is 0.259. The van der Waals surface area contributed by atoms with Gasteiger partial charge in [-0.05, 0) is 39.2 Å². The fraction of sp³-hybridized carbons (Fsp3) is 0.400. The van der Waals surface area contributed by atoms with Crippen molar-refractivity contribution < 1.29 is 4.74 Å². The lowest BCUT2D eigenvalue weighted by Crippen LogP contribution is -2.37. The molecule has 0 fully saturated rings. The van der Waals surface area contributed by atoms with Crippen molar-refractivity contribution in [3.05, 3.63) is 59.9 Å². The Hall–Kier alpha value is -1.87. The highest BCUT2D eigenvalue weighted by Gasteiger charge is 2.04. The second-order valence-electron chi connectivity index (χ2n) is 6.13. The van der Waals surface area contributed by atoms with E-state index >= 15 is 0 Å². The number of para-hydroxylation sites is 1. The van der Waals surface area contributed by atoms with Gasteiger partial charge in [0.25, 0.3) is 0 Å². The maximum absolute atomic E-state index is 5.91. The minimum atomic E-state index is 0. The van der Waals surface area contributed by atoms with E-state index in [1.54, 1.807) is 6.20 Å². The molecule has 6 nitrogen and oxygen atoms in total. The van der Waals surface area contributed by atoms with Gasteiger partial charge in [-0.15, -0.1) is 24.0 Å². The average Bonchev–Trinajstić information content (AvgIpc) is 2.65. The molecule has 0 saturated heterocycles. The molecule has 2 aromatic rings. The number of ether oxygens (including phenoxy) is 1. The van der Waals surface area contributed by atoms with E-state index in [1.165, 1.54) is 0 Å². The van der Waals surface area contributed by atoms with Gasteiger partial charge in [0.2, 0.25) is 0 Å². The summed E-state index contributed by atoms with van der Waals surface area (Å²) >= 11 is 0. The predicted molar refractivity (Wildman–Crippen MR) is 122 cm³/mol. The van der Waals surface area contributed by atoms with Crippen LogP contribution in [0, 0.1) is 0 Å². The van der Waals surface area contributed by atoms with Gasteiger partial charge < -0.3 is 20.3 Å². The maximum Gasteiger partial charge on any atom is 0.191 e. The van der Waals surface area contributed by atoms with Crippen LogP contribution in [-0.2, 0) is 13.1 Å². The summed E-state index contributed by atoms with van der Waals surface area (Å²) in [7, 11) is 4.07. The molecule has 0 amide bonds. The summed E-state index contributed by atoms with van der Waals surface area (Å²) in [6.07, 6.45) is 1.79. The monoisotopic (exact) mass is 483 g/mol. The molecule has 0 saturated carbocycles. The van der Waals surface area contributed by atoms with Gasteiger partial charge in [-0.3, -0.25) is 4.98 Å². The third kappa shape index (κ3) is 9.05. The molecule has 0 aliphatic heterocycles. The topological polar surface area (TPSA) is 61.8 Å². The fourth-order valence-corrected chi connectivity index (χ4v) is 2.30. The van der Waals surface area contributed by atoms with E-state index in [4.69, 9.17) is 4.74 Å². The highest BCUT2D eigenvalue weighted by molar-refractivity contribution is 14.0. The Balaban J connectivity index is 0.00000364. The SMILES string of the molecule is CCNC(=NCc1ccccc1OCCN(C)C)NCc1ccccn1.I. The molecule has 2 N–H and O–H groups in total. The van der Waals surface area contributed by atoms with Crippen LogP contribution in [0.3, 0.4) is 0 Å². The Morgan fingerprint density at radius 3 is 2.59 bits per heavy atom. The van der Waals surface area contributed by atoms with Gasteiger partial charge in [-0.25, -0.2) is 4.99 Å². The Bertz CT molecular complexity index is 679.